The van der Waals surface area contributed by atoms with Crippen LogP contribution in [-0.4, -0.2) is 17.6 Å². The molecule has 20 heavy (non-hydrogen) atoms. The Hall–Kier alpha value is -0.890. The third-order valence-electron chi connectivity index (χ3n) is 4.79. The third-order valence-corrected chi connectivity index (χ3v) is 4.79. The van der Waals surface area contributed by atoms with Gasteiger partial charge in [0.05, 0.1) is 0 Å². The lowest BCUT2D eigenvalue weighted by Gasteiger charge is -2.28. The Balaban J connectivity index is 1.98. The fraction of sp³-hybridized carbons (Fsp3) is 0.722. The zero-order chi connectivity index (χ0) is 14.2. The largest absolute Gasteiger partial charge is 0.314 e. The lowest BCUT2D eigenvalue weighted by Crippen LogP contribution is -2.36. The minimum Gasteiger partial charge on any atom is -0.314 e. The van der Waals surface area contributed by atoms with Crippen LogP contribution in [0.5, 0.6) is 0 Å². The summed E-state index contributed by atoms with van der Waals surface area (Å²) >= 11 is 0. The SMILES string of the molecule is CCNC(CC1CCCCCC1)C(C)c1ccccn1. The fourth-order valence-corrected chi connectivity index (χ4v) is 3.54. The molecular weight excluding hydrogens is 244 g/mol. The van der Waals surface area contributed by atoms with Crippen LogP contribution in [0.4, 0.5) is 0 Å². The Morgan fingerprint density at radius 2 is 1.95 bits per heavy atom. The first-order valence-electron chi connectivity index (χ1n) is 8.45. The molecule has 1 saturated carbocycles. The van der Waals surface area contributed by atoms with Gasteiger partial charge in [0.1, 0.15) is 0 Å². The molecule has 0 aromatic carbocycles. The van der Waals surface area contributed by atoms with Crippen LogP contribution in [0.2, 0.25) is 0 Å². The summed E-state index contributed by atoms with van der Waals surface area (Å²) < 4.78 is 0. The quantitative estimate of drug-likeness (QED) is 0.771. The molecule has 1 N–H and O–H groups in total. The number of pyridine rings is 1. The van der Waals surface area contributed by atoms with Crippen LogP contribution in [0, 0.1) is 5.92 Å². The summed E-state index contributed by atoms with van der Waals surface area (Å²) in [6.45, 7) is 5.59. The van der Waals surface area contributed by atoms with Crippen molar-refractivity contribution in [2.75, 3.05) is 6.54 Å². The molecule has 1 aliphatic carbocycles. The second kappa shape index (κ2) is 8.41. The summed E-state index contributed by atoms with van der Waals surface area (Å²) in [7, 11) is 0. The van der Waals surface area contributed by atoms with Crippen LogP contribution in [0.1, 0.15) is 70.4 Å². The molecule has 1 aromatic heterocycles. The number of likely N-dealkylation sites (N-methyl/N-ethyl adjacent to an activating group) is 1. The molecule has 2 unspecified atom stereocenters. The topological polar surface area (TPSA) is 24.9 Å². The molecule has 1 aliphatic rings. The highest BCUT2D eigenvalue weighted by Gasteiger charge is 2.23. The Morgan fingerprint density at radius 1 is 1.20 bits per heavy atom. The van der Waals surface area contributed by atoms with Gasteiger partial charge in [-0.2, -0.15) is 0 Å². The third kappa shape index (κ3) is 4.59. The Morgan fingerprint density at radius 3 is 2.55 bits per heavy atom. The lowest BCUT2D eigenvalue weighted by molar-refractivity contribution is 0.326. The van der Waals surface area contributed by atoms with Crippen molar-refractivity contribution in [3.05, 3.63) is 30.1 Å². The van der Waals surface area contributed by atoms with Crippen molar-refractivity contribution in [1.29, 1.82) is 0 Å². The van der Waals surface area contributed by atoms with E-state index >= 15 is 0 Å². The summed E-state index contributed by atoms with van der Waals surface area (Å²) in [6, 6.07) is 6.84. The number of hydrogen-bond donors (Lipinski definition) is 1. The van der Waals surface area contributed by atoms with E-state index in [1.807, 2.05) is 12.3 Å². The second-order valence-electron chi connectivity index (χ2n) is 6.30. The van der Waals surface area contributed by atoms with Gasteiger partial charge in [-0.25, -0.2) is 0 Å². The van der Waals surface area contributed by atoms with Crippen LogP contribution in [0.25, 0.3) is 0 Å². The van der Waals surface area contributed by atoms with Gasteiger partial charge >= 0.3 is 0 Å². The van der Waals surface area contributed by atoms with E-state index in [1.165, 1.54) is 50.6 Å². The first kappa shape index (κ1) is 15.5. The van der Waals surface area contributed by atoms with Crippen molar-refractivity contribution in [3.8, 4) is 0 Å². The number of aromatic nitrogens is 1. The molecular formula is C18H30N2. The van der Waals surface area contributed by atoms with E-state index in [4.69, 9.17) is 0 Å². The smallest absolute Gasteiger partial charge is 0.0447 e. The van der Waals surface area contributed by atoms with Gasteiger partial charge in [-0.3, -0.25) is 4.98 Å². The summed E-state index contributed by atoms with van der Waals surface area (Å²) in [5.41, 5.74) is 1.23. The molecule has 2 heteroatoms. The minimum atomic E-state index is 0.499. The number of rotatable bonds is 6. The molecule has 2 rings (SSSR count). The van der Waals surface area contributed by atoms with Crippen LogP contribution >= 0.6 is 0 Å². The predicted octanol–water partition coefficient (Wildman–Crippen LogP) is 4.52. The summed E-state index contributed by atoms with van der Waals surface area (Å²) in [4.78, 5) is 4.55. The molecule has 0 saturated heterocycles. The van der Waals surface area contributed by atoms with Crippen LogP contribution < -0.4 is 5.32 Å². The van der Waals surface area contributed by atoms with Crippen LogP contribution in [-0.2, 0) is 0 Å². The van der Waals surface area contributed by atoms with E-state index in [0.717, 1.165) is 12.5 Å². The van der Waals surface area contributed by atoms with Gasteiger partial charge in [0.2, 0.25) is 0 Å². The van der Waals surface area contributed by atoms with E-state index in [-0.39, 0.29) is 0 Å². The normalized spacial score (nSPS) is 20.3. The Labute approximate surface area is 124 Å². The molecule has 2 atom stereocenters. The van der Waals surface area contributed by atoms with Crippen molar-refractivity contribution >= 4 is 0 Å². The second-order valence-corrected chi connectivity index (χ2v) is 6.30. The molecule has 1 aromatic rings. The molecule has 0 spiro atoms. The van der Waals surface area contributed by atoms with E-state index in [2.05, 4.69) is 36.3 Å². The first-order valence-corrected chi connectivity index (χ1v) is 8.45. The molecule has 0 amide bonds. The van der Waals surface area contributed by atoms with Gasteiger partial charge in [0.25, 0.3) is 0 Å². The molecule has 112 valence electrons. The van der Waals surface area contributed by atoms with Gasteiger partial charge in [0, 0.05) is 23.9 Å². The van der Waals surface area contributed by atoms with Crippen LogP contribution in [0.3, 0.4) is 0 Å². The van der Waals surface area contributed by atoms with Crippen molar-refractivity contribution in [2.45, 2.75) is 70.8 Å². The molecule has 1 fully saturated rings. The highest BCUT2D eigenvalue weighted by atomic mass is 14.9. The van der Waals surface area contributed by atoms with E-state index < -0.39 is 0 Å². The van der Waals surface area contributed by atoms with E-state index in [9.17, 15) is 0 Å². The van der Waals surface area contributed by atoms with Gasteiger partial charge in [-0.15, -0.1) is 0 Å². The van der Waals surface area contributed by atoms with Gasteiger partial charge < -0.3 is 5.32 Å². The highest BCUT2D eigenvalue weighted by Crippen LogP contribution is 2.30. The fourth-order valence-electron chi connectivity index (χ4n) is 3.54. The predicted molar refractivity (Wildman–Crippen MR) is 85.9 cm³/mol. The number of nitrogens with zero attached hydrogens (tertiary/aromatic N) is 1. The average Bonchev–Trinajstić information content (AvgIpc) is 2.76. The molecule has 1 heterocycles. The maximum atomic E-state index is 4.55. The highest BCUT2D eigenvalue weighted by molar-refractivity contribution is 5.11. The zero-order valence-corrected chi connectivity index (χ0v) is 13.1. The van der Waals surface area contributed by atoms with Crippen molar-refractivity contribution < 1.29 is 0 Å². The first-order chi connectivity index (χ1) is 9.81. The number of hydrogen-bond acceptors (Lipinski definition) is 2. The van der Waals surface area contributed by atoms with Gasteiger partial charge in [-0.1, -0.05) is 58.4 Å². The van der Waals surface area contributed by atoms with E-state index in [1.54, 1.807) is 0 Å². The Kier molecular flexibility index (Phi) is 6.52. The molecule has 0 radical (unpaired) electrons. The maximum Gasteiger partial charge on any atom is 0.0447 e. The monoisotopic (exact) mass is 274 g/mol. The summed E-state index contributed by atoms with van der Waals surface area (Å²) in [5.74, 6) is 1.41. The average molecular weight is 274 g/mol. The lowest BCUT2D eigenvalue weighted by atomic mass is 9.86. The Bertz CT molecular complexity index is 355. The summed E-state index contributed by atoms with van der Waals surface area (Å²) in [5, 5.41) is 3.71. The van der Waals surface area contributed by atoms with Gasteiger partial charge in [-0.05, 0) is 31.0 Å². The summed E-state index contributed by atoms with van der Waals surface area (Å²) in [6.07, 6.45) is 11.8. The number of nitrogens with one attached hydrogen (secondary N) is 1. The zero-order valence-electron chi connectivity index (χ0n) is 13.1. The standard InChI is InChI=1S/C18H30N2/c1-3-19-18(14-16-10-6-4-5-7-11-16)15(2)17-12-8-9-13-20-17/h8-9,12-13,15-16,18-19H,3-7,10-11,14H2,1-2H3. The molecule has 0 bridgehead atoms. The van der Waals surface area contributed by atoms with Crippen LogP contribution in [0.15, 0.2) is 24.4 Å². The van der Waals surface area contributed by atoms with Gasteiger partial charge in [0.15, 0.2) is 0 Å². The van der Waals surface area contributed by atoms with Crippen molar-refractivity contribution in [2.24, 2.45) is 5.92 Å². The van der Waals surface area contributed by atoms with Crippen molar-refractivity contribution in [3.63, 3.8) is 0 Å². The maximum absolute atomic E-state index is 4.55. The van der Waals surface area contributed by atoms with Crippen molar-refractivity contribution in [1.82, 2.24) is 10.3 Å². The minimum absolute atomic E-state index is 0.499. The molecule has 0 aliphatic heterocycles. The van der Waals surface area contributed by atoms with E-state index in [0.29, 0.717) is 12.0 Å². The molecule has 2 nitrogen and oxygen atoms in total.